The Labute approximate surface area is 164 Å². The largest absolute Gasteiger partial charge is 0.425 e. The smallest absolute Gasteiger partial charge is 0.329 e. The summed E-state index contributed by atoms with van der Waals surface area (Å²) in [7, 11) is 1.55. The van der Waals surface area contributed by atoms with Gasteiger partial charge in [0.1, 0.15) is 5.75 Å². The van der Waals surface area contributed by atoms with Gasteiger partial charge in [0.2, 0.25) is 0 Å². The molecule has 0 saturated carbocycles. The van der Waals surface area contributed by atoms with Crippen LogP contribution in [0.1, 0.15) is 11.1 Å². The normalized spacial score (nSPS) is 11.1. The van der Waals surface area contributed by atoms with E-state index >= 15 is 0 Å². The topological polar surface area (TPSA) is 81.9 Å². The monoisotopic (exact) mass is 396 g/mol. The van der Waals surface area contributed by atoms with Crippen LogP contribution in [0, 0.1) is 6.92 Å². The molecule has 0 atom stereocenters. The third-order valence-corrected chi connectivity index (χ3v) is 4.68. The maximum atomic E-state index is 12.5. The van der Waals surface area contributed by atoms with Gasteiger partial charge in [-0.05, 0) is 42.3 Å². The molecule has 0 bridgehead atoms. The van der Waals surface area contributed by atoms with Crippen LogP contribution in [0.5, 0.6) is 11.8 Å². The Bertz CT molecular complexity index is 1290. The fourth-order valence-corrected chi connectivity index (χ4v) is 3.12. The van der Waals surface area contributed by atoms with E-state index in [4.69, 9.17) is 16.3 Å². The van der Waals surface area contributed by atoms with Crippen molar-refractivity contribution in [2.75, 3.05) is 0 Å². The van der Waals surface area contributed by atoms with E-state index in [0.29, 0.717) is 17.3 Å². The second-order valence-electron chi connectivity index (χ2n) is 6.52. The molecule has 0 aliphatic carbocycles. The molecule has 0 spiro atoms. The van der Waals surface area contributed by atoms with E-state index in [0.717, 1.165) is 11.1 Å². The van der Waals surface area contributed by atoms with Gasteiger partial charge in [-0.25, -0.2) is 4.79 Å². The Morgan fingerprint density at radius 1 is 1.14 bits per heavy atom. The molecule has 8 heteroatoms. The minimum Gasteiger partial charge on any atom is -0.425 e. The van der Waals surface area contributed by atoms with Crippen molar-refractivity contribution < 1.29 is 4.74 Å². The van der Waals surface area contributed by atoms with E-state index < -0.39 is 11.2 Å². The van der Waals surface area contributed by atoms with Crippen LogP contribution < -0.4 is 16.0 Å². The van der Waals surface area contributed by atoms with Gasteiger partial charge < -0.3 is 4.74 Å². The van der Waals surface area contributed by atoms with E-state index in [1.807, 2.05) is 43.3 Å². The van der Waals surface area contributed by atoms with Crippen molar-refractivity contribution in [3.05, 3.63) is 85.5 Å². The molecule has 0 fully saturated rings. The highest BCUT2D eigenvalue weighted by Crippen LogP contribution is 2.25. The van der Waals surface area contributed by atoms with Crippen LogP contribution >= 0.6 is 11.6 Å². The number of aromatic amines is 1. The van der Waals surface area contributed by atoms with Crippen LogP contribution in [-0.2, 0) is 13.6 Å². The van der Waals surface area contributed by atoms with Crippen molar-refractivity contribution in [3.8, 4) is 11.8 Å². The first-order valence-corrected chi connectivity index (χ1v) is 8.98. The number of hydrogen-bond donors (Lipinski definition) is 1. The lowest BCUT2D eigenvalue weighted by atomic mass is 10.2. The van der Waals surface area contributed by atoms with E-state index in [2.05, 4.69) is 9.97 Å². The van der Waals surface area contributed by atoms with Crippen molar-refractivity contribution in [3.63, 3.8) is 0 Å². The third-order valence-electron chi connectivity index (χ3n) is 4.42. The van der Waals surface area contributed by atoms with Crippen molar-refractivity contribution in [2.45, 2.75) is 13.5 Å². The van der Waals surface area contributed by atoms with Gasteiger partial charge in [0.25, 0.3) is 5.56 Å². The lowest BCUT2D eigenvalue weighted by molar-refractivity contribution is 0.421. The number of rotatable bonds is 4. The quantitative estimate of drug-likeness (QED) is 0.574. The molecule has 0 aliphatic heterocycles. The fourth-order valence-electron chi connectivity index (χ4n) is 3.00. The van der Waals surface area contributed by atoms with Crippen LogP contribution in [0.25, 0.3) is 11.2 Å². The first kappa shape index (κ1) is 18.1. The predicted molar refractivity (Wildman–Crippen MR) is 107 cm³/mol. The van der Waals surface area contributed by atoms with E-state index in [-0.39, 0.29) is 17.2 Å². The Balaban J connectivity index is 1.90. The first-order valence-electron chi connectivity index (χ1n) is 8.61. The molecule has 1 N–H and O–H groups in total. The predicted octanol–water partition coefficient (Wildman–Crippen LogP) is 3.23. The number of fused-ring (bicyclic) bond motifs is 1. The van der Waals surface area contributed by atoms with Gasteiger partial charge >= 0.3 is 11.7 Å². The van der Waals surface area contributed by atoms with Crippen LogP contribution in [-0.4, -0.2) is 19.1 Å². The lowest BCUT2D eigenvalue weighted by Gasteiger charge is -2.10. The Morgan fingerprint density at radius 2 is 1.89 bits per heavy atom. The molecule has 142 valence electrons. The van der Waals surface area contributed by atoms with Crippen LogP contribution in [0.2, 0.25) is 5.02 Å². The molecule has 7 nitrogen and oxygen atoms in total. The molecule has 2 aromatic carbocycles. The molecular weight excluding hydrogens is 380 g/mol. The third kappa shape index (κ3) is 3.32. The maximum absolute atomic E-state index is 12.5. The molecule has 2 aromatic heterocycles. The number of benzene rings is 2. The zero-order chi connectivity index (χ0) is 19.8. The number of aryl methyl sites for hydroxylation is 2. The van der Waals surface area contributed by atoms with Gasteiger partial charge in [-0.3, -0.25) is 18.9 Å². The Kier molecular flexibility index (Phi) is 4.52. The molecule has 0 amide bonds. The molecule has 0 radical (unpaired) electrons. The van der Waals surface area contributed by atoms with Crippen LogP contribution in [0.3, 0.4) is 0 Å². The van der Waals surface area contributed by atoms with Crippen molar-refractivity contribution >= 4 is 22.8 Å². The second kappa shape index (κ2) is 7.01. The molecule has 0 unspecified atom stereocenters. The summed E-state index contributed by atoms with van der Waals surface area (Å²) in [5.41, 5.74) is 1.41. The number of imidazole rings is 1. The summed E-state index contributed by atoms with van der Waals surface area (Å²) in [5, 5.41) is 0.621. The molecule has 4 rings (SSSR count). The van der Waals surface area contributed by atoms with E-state index in [1.165, 1.54) is 4.57 Å². The Morgan fingerprint density at radius 3 is 2.61 bits per heavy atom. The number of nitrogens with zero attached hydrogens (tertiary/aromatic N) is 3. The van der Waals surface area contributed by atoms with E-state index in [9.17, 15) is 9.59 Å². The second-order valence-corrected chi connectivity index (χ2v) is 6.95. The summed E-state index contributed by atoms with van der Waals surface area (Å²) in [5.74, 6) is 0.592. The average molecular weight is 397 g/mol. The van der Waals surface area contributed by atoms with Crippen molar-refractivity contribution in [2.24, 2.45) is 7.05 Å². The fraction of sp³-hybridized carbons (Fsp3) is 0.150. The summed E-state index contributed by atoms with van der Waals surface area (Å²) in [6, 6.07) is 15.0. The molecule has 0 aliphatic rings. The summed E-state index contributed by atoms with van der Waals surface area (Å²) in [6.45, 7) is 2.29. The zero-order valence-electron chi connectivity index (χ0n) is 15.3. The molecule has 2 heterocycles. The highest BCUT2D eigenvalue weighted by Gasteiger charge is 2.19. The average Bonchev–Trinajstić information content (AvgIpc) is 3.00. The number of ether oxygens (including phenoxy) is 1. The van der Waals surface area contributed by atoms with Crippen LogP contribution in [0.4, 0.5) is 0 Å². The van der Waals surface area contributed by atoms with Crippen LogP contribution in [0.15, 0.2) is 58.1 Å². The highest BCUT2D eigenvalue weighted by atomic mass is 35.5. The van der Waals surface area contributed by atoms with Gasteiger partial charge in [-0.1, -0.05) is 35.9 Å². The highest BCUT2D eigenvalue weighted by molar-refractivity contribution is 6.30. The molecule has 28 heavy (non-hydrogen) atoms. The summed E-state index contributed by atoms with van der Waals surface area (Å²) >= 11 is 5.97. The number of hydrogen-bond acceptors (Lipinski definition) is 4. The lowest BCUT2D eigenvalue weighted by Crippen LogP contribution is -2.29. The summed E-state index contributed by atoms with van der Waals surface area (Å²) in [4.78, 5) is 31.3. The van der Waals surface area contributed by atoms with Crippen molar-refractivity contribution in [1.82, 2.24) is 19.1 Å². The zero-order valence-corrected chi connectivity index (χ0v) is 16.0. The number of H-pyrrole nitrogens is 1. The molecular formula is C20H17ClN4O3. The van der Waals surface area contributed by atoms with Gasteiger partial charge in [0.15, 0.2) is 11.2 Å². The summed E-state index contributed by atoms with van der Waals surface area (Å²) in [6.07, 6.45) is 0. The van der Waals surface area contributed by atoms with Crippen molar-refractivity contribution in [1.29, 1.82) is 0 Å². The van der Waals surface area contributed by atoms with Gasteiger partial charge in [-0.2, -0.15) is 4.98 Å². The van der Waals surface area contributed by atoms with E-state index in [1.54, 1.807) is 23.7 Å². The van der Waals surface area contributed by atoms with Gasteiger partial charge in [0.05, 0.1) is 6.54 Å². The first-order chi connectivity index (χ1) is 13.4. The standard InChI is InChI=1S/C20H17ClN4O3/c1-12-4-3-5-15(10-12)28-20-22-17-16(18(26)23-19(27)24(17)2)25(20)11-13-6-8-14(21)9-7-13/h3-10H,11H2,1-2H3,(H,23,26,27). The molecule has 0 saturated heterocycles. The summed E-state index contributed by atoms with van der Waals surface area (Å²) < 4.78 is 8.92. The van der Waals surface area contributed by atoms with Gasteiger partial charge in [0, 0.05) is 12.1 Å². The van der Waals surface area contributed by atoms with Gasteiger partial charge in [-0.15, -0.1) is 0 Å². The maximum Gasteiger partial charge on any atom is 0.329 e. The number of halogens is 1. The SMILES string of the molecule is Cc1cccc(Oc2nc3c(c(=O)[nH]c(=O)n3C)n2Cc2ccc(Cl)cc2)c1. The molecule has 4 aromatic rings. The number of nitrogens with one attached hydrogen (secondary N) is 1. The minimum absolute atomic E-state index is 0.224. The number of aromatic nitrogens is 4. The Hall–Kier alpha value is -3.32. The minimum atomic E-state index is -0.532.